The van der Waals surface area contributed by atoms with Crippen LogP contribution in [-0.2, 0) is 0 Å². The zero-order valence-corrected chi connectivity index (χ0v) is 10.8. The van der Waals surface area contributed by atoms with Crippen LogP contribution < -0.4 is 9.47 Å². The summed E-state index contributed by atoms with van der Waals surface area (Å²) in [6.45, 7) is 4.20. The highest BCUT2D eigenvalue weighted by Gasteiger charge is 2.32. The number of ether oxygens (including phenoxy) is 2. The molecule has 1 heterocycles. The Morgan fingerprint density at radius 2 is 2.20 bits per heavy atom. The van der Waals surface area contributed by atoms with Gasteiger partial charge in [0.1, 0.15) is 17.1 Å². The first-order chi connectivity index (χ1) is 7.02. The molecular weight excluding hydrogens is 256 g/mol. The van der Waals surface area contributed by atoms with Gasteiger partial charge in [-0.15, -0.1) is 0 Å². The van der Waals surface area contributed by atoms with Crippen LogP contribution in [0.3, 0.4) is 0 Å². The molecule has 1 aliphatic heterocycles. The molecule has 82 valence electrons. The molecule has 15 heavy (non-hydrogen) atoms. The zero-order valence-electron chi connectivity index (χ0n) is 9.21. The van der Waals surface area contributed by atoms with Crippen LogP contribution in [0.1, 0.15) is 30.7 Å². The van der Waals surface area contributed by atoms with Gasteiger partial charge < -0.3 is 9.47 Å². The lowest BCUT2D eigenvalue weighted by Gasteiger charge is -2.35. The van der Waals surface area contributed by atoms with E-state index in [9.17, 15) is 0 Å². The van der Waals surface area contributed by atoms with Crippen molar-refractivity contribution < 1.29 is 9.47 Å². The molecule has 0 saturated heterocycles. The van der Waals surface area contributed by atoms with E-state index in [0.29, 0.717) is 4.83 Å². The predicted molar refractivity (Wildman–Crippen MR) is 64.0 cm³/mol. The van der Waals surface area contributed by atoms with Gasteiger partial charge in [0.2, 0.25) is 0 Å². The monoisotopic (exact) mass is 270 g/mol. The van der Waals surface area contributed by atoms with Crippen LogP contribution >= 0.6 is 15.9 Å². The van der Waals surface area contributed by atoms with Gasteiger partial charge in [-0.25, -0.2) is 0 Å². The van der Waals surface area contributed by atoms with Crippen LogP contribution in [-0.4, -0.2) is 12.7 Å². The summed E-state index contributed by atoms with van der Waals surface area (Å²) in [7, 11) is 1.67. The van der Waals surface area contributed by atoms with Gasteiger partial charge in [-0.3, -0.25) is 0 Å². The quantitative estimate of drug-likeness (QED) is 0.725. The minimum absolute atomic E-state index is 0.118. The lowest BCUT2D eigenvalue weighted by Crippen LogP contribution is -2.33. The number of methoxy groups -OCH3 is 1. The van der Waals surface area contributed by atoms with E-state index in [2.05, 4.69) is 35.8 Å². The molecule has 1 atom stereocenters. The highest BCUT2D eigenvalue weighted by molar-refractivity contribution is 9.09. The van der Waals surface area contributed by atoms with Crippen molar-refractivity contribution in [2.24, 2.45) is 0 Å². The van der Waals surface area contributed by atoms with E-state index >= 15 is 0 Å². The lowest BCUT2D eigenvalue weighted by molar-refractivity contribution is 0.0839. The summed E-state index contributed by atoms with van der Waals surface area (Å²) in [6, 6.07) is 5.97. The molecule has 0 aromatic heterocycles. The smallest absolute Gasteiger partial charge is 0.128 e. The molecule has 1 aliphatic rings. The average Bonchev–Trinajstić information content (AvgIpc) is 2.14. The molecule has 0 aliphatic carbocycles. The van der Waals surface area contributed by atoms with E-state index in [4.69, 9.17) is 9.47 Å². The first kappa shape index (κ1) is 10.8. The van der Waals surface area contributed by atoms with Crippen LogP contribution in [0.25, 0.3) is 0 Å². The van der Waals surface area contributed by atoms with Crippen molar-refractivity contribution in [3.05, 3.63) is 23.8 Å². The Morgan fingerprint density at radius 1 is 1.47 bits per heavy atom. The first-order valence-corrected chi connectivity index (χ1v) is 5.94. The lowest BCUT2D eigenvalue weighted by atomic mass is 9.94. The van der Waals surface area contributed by atoms with Crippen LogP contribution in [0.4, 0.5) is 0 Å². The SMILES string of the molecule is COc1ccc2c(c1)OC(C)(C)CC2Br. The second kappa shape index (κ2) is 3.71. The van der Waals surface area contributed by atoms with Gasteiger partial charge in [-0.1, -0.05) is 22.0 Å². The summed E-state index contributed by atoms with van der Waals surface area (Å²) in [5.74, 6) is 1.76. The van der Waals surface area contributed by atoms with Gasteiger partial charge in [0.15, 0.2) is 0 Å². The normalized spacial score (nSPS) is 22.8. The Balaban J connectivity index is 2.42. The minimum Gasteiger partial charge on any atom is -0.497 e. The number of alkyl halides is 1. The highest BCUT2D eigenvalue weighted by atomic mass is 79.9. The maximum absolute atomic E-state index is 5.92. The number of halogens is 1. The minimum atomic E-state index is -0.118. The molecule has 0 amide bonds. The summed E-state index contributed by atoms with van der Waals surface area (Å²) in [5.41, 5.74) is 1.09. The molecule has 1 unspecified atom stereocenters. The Hall–Kier alpha value is -0.700. The van der Waals surface area contributed by atoms with Crippen molar-refractivity contribution in [2.75, 3.05) is 7.11 Å². The van der Waals surface area contributed by atoms with Crippen LogP contribution in [0, 0.1) is 0 Å². The highest BCUT2D eigenvalue weighted by Crippen LogP contribution is 2.45. The molecule has 0 spiro atoms. The van der Waals surface area contributed by atoms with E-state index in [0.717, 1.165) is 17.9 Å². The van der Waals surface area contributed by atoms with Crippen LogP contribution in [0.5, 0.6) is 11.5 Å². The molecule has 3 heteroatoms. The van der Waals surface area contributed by atoms with Gasteiger partial charge in [0, 0.05) is 22.9 Å². The summed E-state index contributed by atoms with van der Waals surface area (Å²) in [6.07, 6.45) is 0.979. The average molecular weight is 271 g/mol. The summed E-state index contributed by atoms with van der Waals surface area (Å²) >= 11 is 3.69. The topological polar surface area (TPSA) is 18.5 Å². The Morgan fingerprint density at radius 3 is 2.87 bits per heavy atom. The maximum atomic E-state index is 5.92. The van der Waals surface area contributed by atoms with Gasteiger partial charge in [-0.2, -0.15) is 0 Å². The summed E-state index contributed by atoms with van der Waals surface area (Å²) in [4.78, 5) is 0.363. The van der Waals surface area contributed by atoms with Crippen LogP contribution in [0.2, 0.25) is 0 Å². The first-order valence-electron chi connectivity index (χ1n) is 5.03. The molecule has 2 rings (SSSR count). The number of hydrogen-bond donors (Lipinski definition) is 0. The van der Waals surface area contributed by atoms with Gasteiger partial charge in [0.25, 0.3) is 0 Å². The van der Waals surface area contributed by atoms with Gasteiger partial charge >= 0.3 is 0 Å². The summed E-state index contributed by atoms with van der Waals surface area (Å²) < 4.78 is 11.1. The third-order valence-electron chi connectivity index (χ3n) is 2.62. The van der Waals surface area contributed by atoms with Crippen molar-refractivity contribution in [2.45, 2.75) is 30.7 Å². The maximum Gasteiger partial charge on any atom is 0.128 e. The Bertz CT molecular complexity index is 374. The second-order valence-electron chi connectivity index (χ2n) is 4.44. The Kier molecular flexibility index (Phi) is 2.67. The van der Waals surface area contributed by atoms with E-state index in [1.54, 1.807) is 7.11 Å². The fourth-order valence-electron chi connectivity index (χ4n) is 1.87. The molecule has 0 fully saturated rings. The molecule has 2 nitrogen and oxygen atoms in total. The number of benzene rings is 1. The second-order valence-corrected chi connectivity index (χ2v) is 5.54. The van der Waals surface area contributed by atoms with Crippen molar-refractivity contribution in [1.82, 2.24) is 0 Å². The van der Waals surface area contributed by atoms with E-state index in [1.807, 2.05) is 12.1 Å². The number of hydrogen-bond acceptors (Lipinski definition) is 2. The third kappa shape index (κ3) is 2.12. The van der Waals surface area contributed by atoms with E-state index < -0.39 is 0 Å². The number of rotatable bonds is 1. The third-order valence-corrected chi connectivity index (χ3v) is 3.43. The van der Waals surface area contributed by atoms with E-state index in [-0.39, 0.29) is 5.60 Å². The summed E-state index contributed by atoms with van der Waals surface area (Å²) in [5, 5.41) is 0. The molecule has 1 aromatic carbocycles. The van der Waals surface area contributed by atoms with Crippen LogP contribution in [0.15, 0.2) is 18.2 Å². The van der Waals surface area contributed by atoms with E-state index in [1.165, 1.54) is 5.56 Å². The standard InChI is InChI=1S/C12H15BrO2/c1-12(2)7-10(13)9-5-4-8(14-3)6-11(9)15-12/h4-6,10H,7H2,1-3H3. The number of fused-ring (bicyclic) bond motifs is 1. The molecule has 0 bridgehead atoms. The molecule has 0 saturated carbocycles. The molecular formula is C12H15BrO2. The Labute approximate surface area is 98.7 Å². The predicted octanol–water partition coefficient (Wildman–Crippen LogP) is 3.69. The van der Waals surface area contributed by atoms with Crippen molar-refractivity contribution >= 4 is 15.9 Å². The van der Waals surface area contributed by atoms with Gasteiger partial charge in [0.05, 0.1) is 7.11 Å². The van der Waals surface area contributed by atoms with Crippen molar-refractivity contribution in [3.8, 4) is 11.5 Å². The van der Waals surface area contributed by atoms with Gasteiger partial charge in [-0.05, 0) is 19.9 Å². The molecule has 0 N–H and O–H groups in total. The molecule has 0 radical (unpaired) electrons. The fraction of sp³-hybridized carbons (Fsp3) is 0.500. The van der Waals surface area contributed by atoms with Crippen molar-refractivity contribution in [1.29, 1.82) is 0 Å². The fourth-order valence-corrected chi connectivity index (χ4v) is 3.03. The van der Waals surface area contributed by atoms with Crippen molar-refractivity contribution in [3.63, 3.8) is 0 Å². The largest absolute Gasteiger partial charge is 0.497 e. The zero-order chi connectivity index (χ0) is 11.1. The molecule has 1 aromatic rings.